The summed E-state index contributed by atoms with van der Waals surface area (Å²) >= 11 is 0. The maximum Gasteiger partial charge on any atom is 0.317 e. The van der Waals surface area contributed by atoms with Gasteiger partial charge in [-0.25, -0.2) is 13.6 Å². The largest absolute Gasteiger partial charge is 0.385 e. The molecule has 1 aromatic carbocycles. The summed E-state index contributed by atoms with van der Waals surface area (Å²) in [5.74, 6) is -1.45. The Kier molecular flexibility index (Phi) is 11.1. The van der Waals surface area contributed by atoms with E-state index in [1.165, 1.54) is 51.2 Å². The third-order valence-corrected chi connectivity index (χ3v) is 7.98. The number of rotatable bonds is 11. The van der Waals surface area contributed by atoms with Gasteiger partial charge in [0, 0.05) is 51.1 Å². The molecule has 9 heteroatoms. The molecule has 3 atom stereocenters. The molecule has 1 aliphatic heterocycles. The molecular weight excluding hydrogens is 478 g/mol. The molecule has 0 radical (unpaired) electrons. The molecule has 208 valence electrons. The molecule has 7 nitrogen and oxygen atoms in total. The van der Waals surface area contributed by atoms with Gasteiger partial charge >= 0.3 is 6.03 Å². The number of halogens is 2. The number of benzene rings is 1. The highest BCUT2D eigenvalue weighted by molar-refractivity contribution is 5.74. The van der Waals surface area contributed by atoms with E-state index < -0.39 is 23.2 Å². The van der Waals surface area contributed by atoms with E-state index in [1.807, 2.05) is 7.05 Å². The van der Waals surface area contributed by atoms with E-state index in [9.17, 15) is 23.5 Å². The zero-order valence-electron chi connectivity index (χ0n) is 22.3. The molecule has 0 bridgehead atoms. The van der Waals surface area contributed by atoms with Crippen molar-refractivity contribution in [1.82, 2.24) is 20.9 Å². The van der Waals surface area contributed by atoms with Gasteiger partial charge in [-0.1, -0.05) is 32.1 Å². The van der Waals surface area contributed by atoms with Crippen LogP contribution < -0.4 is 16.0 Å². The van der Waals surface area contributed by atoms with Gasteiger partial charge in [-0.05, 0) is 62.8 Å². The molecule has 1 saturated carbocycles. The maximum atomic E-state index is 14.1. The van der Waals surface area contributed by atoms with Gasteiger partial charge in [0.1, 0.15) is 11.6 Å². The van der Waals surface area contributed by atoms with Crippen molar-refractivity contribution in [1.29, 1.82) is 0 Å². The Labute approximate surface area is 219 Å². The summed E-state index contributed by atoms with van der Waals surface area (Å²) in [4.78, 5) is 26.3. The fraction of sp³-hybridized carbons (Fsp3) is 0.714. The minimum Gasteiger partial charge on any atom is -0.385 e. The smallest absolute Gasteiger partial charge is 0.317 e. The zero-order valence-corrected chi connectivity index (χ0v) is 22.3. The molecule has 3 rings (SSSR count). The number of urea groups is 1. The molecule has 0 spiro atoms. The number of carbonyl (C=O) groups excluding carboxylic acids is 2. The number of hydrogen-bond acceptors (Lipinski definition) is 4. The van der Waals surface area contributed by atoms with Gasteiger partial charge in [0.05, 0.1) is 5.60 Å². The highest BCUT2D eigenvalue weighted by atomic mass is 19.1. The van der Waals surface area contributed by atoms with Gasteiger partial charge in [-0.3, -0.25) is 4.79 Å². The lowest BCUT2D eigenvalue weighted by Crippen LogP contribution is -2.54. The minimum absolute atomic E-state index is 0.0230. The van der Waals surface area contributed by atoms with E-state index in [2.05, 4.69) is 16.0 Å². The molecule has 37 heavy (non-hydrogen) atoms. The van der Waals surface area contributed by atoms with Crippen LogP contribution in [0.3, 0.4) is 0 Å². The molecule has 2 fully saturated rings. The lowest BCUT2D eigenvalue weighted by molar-refractivity contribution is -0.119. The van der Waals surface area contributed by atoms with Crippen molar-refractivity contribution in [2.24, 2.45) is 11.8 Å². The monoisotopic (exact) mass is 522 g/mol. The first kappa shape index (κ1) is 29.3. The lowest BCUT2D eigenvalue weighted by Gasteiger charge is -2.43. The molecule has 1 saturated heterocycles. The third kappa shape index (κ3) is 8.64. The molecule has 3 amide bonds. The van der Waals surface area contributed by atoms with Crippen LogP contribution in [0.25, 0.3) is 0 Å². The van der Waals surface area contributed by atoms with Crippen molar-refractivity contribution in [2.75, 3.05) is 33.2 Å². The van der Waals surface area contributed by atoms with Crippen LogP contribution in [0.1, 0.15) is 76.7 Å². The molecular formula is C28H44F2N4O3. The van der Waals surface area contributed by atoms with Crippen LogP contribution in [-0.2, 0) is 10.4 Å². The molecule has 1 aliphatic carbocycles. The SMILES string of the molecule is CNC[C@H](CC1CCCCC1)NC(=O)N1CCC[C@@H]([C@@](O)(CCCNC(C)=O)c2cc(F)cc(F)c2)C1. The van der Waals surface area contributed by atoms with Crippen molar-refractivity contribution in [3.63, 3.8) is 0 Å². The molecule has 1 heterocycles. The maximum absolute atomic E-state index is 14.1. The summed E-state index contributed by atoms with van der Waals surface area (Å²) in [6, 6.07) is 3.00. The molecule has 0 unspecified atom stereocenters. The Morgan fingerprint density at radius 2 is 1.81 bits per heavy atom. The summed E-state index contributed by atoms with van der Waals surface area (Å²) in [5, 5.41) is 21.0. The Morgan fingerprint density at radius 3 is 2.46 bits per heavy atom. The Balaban J connectivity index is 1.71. The second-order valence-corrected chi connectivity index (χ2v) is 10.9. The van der Waals surface area contributed by atoms with E-state index in [4.69, 9.17) is 0 Å². The fourth-order valence-electron chi connectivity index (χ4n) is 6.09. The van der Waals surface area contributed by atoms with Crippen molar-refractivity contribution in [3.8, 4) is 0 Å². The zero-order chi connectivity index (χ0) is 26.8. The van der Waals surface area contributed by atoms with Gasteiger partial charge in [0.15, 0.2) is 0 Å². The first-order valence-electron chi connectivity index (χ1n) is 13.8. The minimum atomic E-state index is -1.53. The highest BCUT2D eigenvalue weighted by Gasteiger charge is 2.42. The lowest BCUT2D eigenvalue weighted by atomic mass is 9.74. The third-order valence-electron chi connectivity index (χ3n) is 7.98. The Morgan fingerprint density at radius 1 is 1.11 bits per heavy atom. The topological polar surface area (TPSA) is 93.7 Å². The van der Waals surface area contributed by atoms with E-state index in [0.717, 1.165) is 12.5 Å². The van der Waals surface area contributed by atoms with Crippen LogP contribution in [0, 0.1) is 23.5 Å². The summed E-state index contributed by atoms with van der Waals surface area (Å²) < 4.78 is 28.3. The first-order valence-corrected chi connectivity index (χ1v) is 13.8. The van der Waals surface area contributed by atoms with Gasteiger partial charge in [0.25, 0.3) is 0 Å². The Bertz CT molecular complexity index is 876. The van der Waals surface area contributed by atoms with Gasteiger partial charge in [0.2, 0.25) is 5.91 Å². The number of aliphatic hydroxyl groups is 1. The second-order valence-electron chi connectivity index (χ2n) is 10.9. The number of carbonyl (C=O) groups is 2. The number of likely N-dealkylation sites (N-methyl/N-ethyl adjacent to an activating group) is 1. The first-order chi connectivity index (χ1) is 17.7. The Hall–Kier alpha value is -2.26. The molecule has 0 aromatic heterocycles. The van der Waals surface area contributed by atoms with E-state index in [-0.39, 0.29) is 36.5 Å². The number of nitrogens with zero attached hydrogens (tertiary/aromatic N) is 1. The predicted octanol–water partition coefficient (Wildman–Crippen LogP) is 4.05. The van der Waals surface area contributed by atoms with Crippen molar-refractivity contribution in [2.45, 2.75) is 82.8 Å². The number of piperidine rings is 1. The average Bonchev–Trinajstić information content (AvgIpc) is 2.86. The predicted molar refractivity (Wildman–Crippen MR) is 140 cm³/mol. The molecule has 4 N–H and O–H groups in total. The van der Waals surface area contributed by atoms with Crippen LogP contribution >= 0.6 is 0 Å². The van der Waals surface area contributed by atoms with Gasteiger partial charge < -0.3 is 26.0 Å². The molecule has 2 aliphatic rings. The summed E-state index contributed by atoms with van der Waals surface area (Å²) in [5.41, 5.74) is -1.36. The quantitative estimate of drug-likeness (QED) is 0.330. The average molecular weight is 523 g/mol. The molecule has 1 aromatic rings. The number of hydrogen-bond donors (Lipinski definition) is 4. The number of nitrogens with one attached hydrogen (secondary N) is 3. The second kappa shape index (κ2) is 14.0. The van der Waals surface area contributed by atoms with Crippen molar-refractivity contribution >= 4 is 11.9 Å². The fourth-order valence-corrected chi connectivity index (χ4v) is 6.09. The van der Waals surface area contributed by atoms with Crippen LogP contribution in [-0.4, -0.2) is 61.2 Å². The summed E-state index contributed by atoms with van der Waals surface area (Å²) in [6.45, 7) is 3.31. The van der Waals surface area contributed by atoms with Crippen LogP contribution in [0.15, 0.2) is 18.2 Å². The van der Waals surface area contributed by atoms with Gasteiger partial charge in [-0.2, -0.15) is 0 Å². The summed E-state index contributed by atoms with van der Waals surface area (Å²) in [6.07, 6.45) is 9.10. The van der Waals surface area contributed by atoms with E-state index >= 15 is 0 Å². The standard InChI is InChI=1S/C28H44F2N4O3/c1-20(35)32-12-7-11-28(37,23-15-24(29)17-25(30)16-23)22-10-6-13-34(19-22)27(36)33-26(18-31-2)14-21-8-4-3-5-9-21/h15-17,21-22,26,31,37H,3-14,18-19H2,1-2H3,(H,32,35)(H,33,36)/t22-,26+,28+/m1/s1. The van der Waals surface area contributed by atoms with Crippen molar-refractivity contribution < 1.29 is 23.5 Å². The normalized spacial score (nSPS) is 21.2. The number of amides is 3. The van der Waals surface area contributed by atoms with Crippen molar-refractivity contribution in [3.05, 3.63) is 35.4 Å². The van der Waals surface area contributed by atoms with Crippen LogP contribution in [0.5, 0.6) is 0 Å². The van der Waals surface area contributed by atoms with E-state index in [1.54, 1.807) is 4.90 Å². The highest BCUT2D eigenvalue weighted by Crippen LogP contribution is 2.40. The van der Waals surface area contributed by atoms with E-state index in [0.29, 0.717) is 44.8 Å². The summed E-state index contributed by atoms with van der Waals surface area (Å²) in [7, 11) is 1.89. The van der Waals surface area contributed by atoms with Crippen LogP contribution in [0.2, 0.25) is 0 Å². The van der Waals surface area contributed by atoms with Gasteiger partial charge in [-0.15, -0.1) is 0 Å². The van der Waals surface area contributed by atoms with Crippen LogP contribution in [0.4, 0.5) is 13.6 Å². The number of likely N-dealkylation sites (tertiary alicyclic amines) is 1.